The fraction of sp³-hybridized carbons (Fsp3) is 0.389. The predicted molar refractivity (Wildman–Crippen MR) is 96.6 cm³/mol. The normalized spacial score (nSPS) is 10.4. The van der Waals surface area contributed by atoms with Crippen LogP contribution in [0.2, 0.25) is 0 Å². The molecule has 0 spiro atoms. The highest BCUT2D eigenvalue weighted by Crippen LogP contribution is 2.30. The molecule has 25 heavy (non-hydrogen) atoms. The van der Waals surface area contributed by atoms with Gasteiger partial charge in [-0.1, -0.05) is 13.8 Å². The predicted octanol–water partition coefficient (Wildman–Crippen LogP) is 3.01. The van der Waals surface area contributed by atoms with Crippen LogP contribution in [0, 0.1) is 5.92 Å². The minimum atomic E-state index is -0.168. The largest absolute Gasteiger partial charge is 0.493 e. The van der Waals surface area contributed by atoms with Crippen molar-refractivity contribution in [3.8, 4) is 11.5 Å². The van der Waals surface area contributed by atoms with Crippen molar-refractivity contribution in [2.75, 3.05) is 26.1 Å². The molecular weight excluding hydrogens is 320 g/mol. The lowest BCUT2D eigenvalue weighted by Gasteiger charge is -2.10. The number of carbonyl (C=O) groups excluding carboxylic acids is 1. The second kappa shape index (κ2) is 8.86. The Morgan fingerprint density at radius 3 is 2.40 bits per heavy atom. The zero-order valence-corrected chi connectivity index (χ0v) is 15.0. The Labute approximate surface area is 147 Å². The minimum Gasteiger partial charge on any atom is -0.493 e. The lowest BCUT2D eigenvalue weighted by Crippen LogP contribution is -2.25. The standard InChI is InChI=1S/C18H24N4O3/c1-12(2)7-8-19-17(23)13-10-20-18(21-11-13)22-14-5-6-15(24-3)16(9-14)25-4/h5-6,9-12H,7-8H2,1-4H3,(H,19,23)(H,20,21,22). The smallest absolute Gasteiger partial charge is 0.254 e. The zero-order chi connectivity index (χ0) is 18.2. The topological polar surface area (TPSA) is 85.4 Å². The molecule has 1 heterocycles. The maximum absolute atomic E-state index is 12.0. The second-order valence-corrected chi connectivity index (χ2v) is 5.93. The van der Waals surface area contributed by atoms with Crippen molar-refractivity contribution in [3.63, 3.8) is 0 Å². The lowest BCUT2D eigenvalue weighted by atomic mass is 10.1. The molecule has 1 aromatic carbocycles. The summed E-state index contributed by atoms with van der Waals surface area (Å²) in [5, 5.41) is 5.92. The molecule has 0 saturated heterocycles. The molecule has 0 unspecified atom stereocenters. The number of methoxy groups -OCH3 is 2. The molecule has 0 saturated carbocycles. The number of nitrogens with one attached hydrogen (secondary N) is 2. The van der Waals surface area contributed by atoms with Crippen molar-refractivity contribution in [1.82, 2.24) is 15.3 Å². The number of rotatable bonds is 8. The van der Waals surface area contributed by atoms with Crippen molar-refractivity contribution in [1.29, 1.82) is 0 Å². The molecular formula is C18H24N4O3. The average molecular weight is 344 g/mol. The van der Waals surface area contributed by atoms with Crippen molar-refractivity contribution in [2.24, 2.45) is 5.92 Å². The van der Waals surface area contributed by atoms with Crippen LogP contribution in [0.5, 0.6) is 11.5 Å². The number of carbonyl (C=O) groups is 1. The van der Waals surface area contributed by atoms with Gasteiger partial charge in [0.2, 0.25) is 5.95 Å². The molecule has 0 aliphatic heterocycles. The van der Waals surface area contributed by atoms with Gasteiger partial charge in [-0.15, -0.1) is 0 Å². The molecule has 1 aromatic heterocycles. The van der Waals surface area contributed by atoms with Gasteiger partial charge in [0.15, 0.2) is 11.5 Å². The van der Waals surface area contributed by atoms with Gasteiger partial charge in [0.25, 0.3) is 5.91 Å². The molecule has 2 N–H and O–H groups in total. The number of anilines is 2. The molecule has 2 aromatic rings. The highest BCUT2D eigenvalue weighted by molar-refractivity contribution is 5.93. The van der Waals surface area contributed by atoms with E-state index in [1.54, 1.807) is 26.4 Å². The first kappa shape index (κ1) is 18.5. The van der Waals surface area contributed by atoms with Crippen LogP contribution < -0.4 is 20.1 Å². The Morgan fingerprint density at radius 2 is 1.80 bits per heavy atom. The number of hydrogen-bond donors (Lipinski definition) is 2. The van der Waals surface area contributed by atoms with E-state index in [4.69, 9.17) is 9.47 Å². The van der Waals surface area contributed by atoms with Crippen LogP contribution >= 0.6 is 0 Å². The second-order valence-electron chi connectivity index (χ2n) is 5.93. The average Bonchev–Trinajstić information content (AvgIpc) is 2.61. The van der Waals surface area contributed by atoms with E-state index >= 15 is 0 Å². The molecule has 0 atom stereocenters. The van der Waals surface area contributed by atoms with Crippen LogP contribution in [0.1, 0.15) is 30.6 Å². The number of benzene rings is 1. The quantitative estimate of drug-likeness (QED) is 0.766. The van der Waals surface area contributed by atoms with Crippen LogP contribution in [0.3, 0.4) is 0 Å². The van der Waals surface area contributed by atoms with E-state index in [2.05, 4.69) is 34.4 Å². The van der Waals surface area contributed by atoms with Crippen molar-refractivity contribution >= 4 is 17.5 Å². The first-order chi connectivity index (χ1) is 12.0. The first-order valence-electron chi connectivity index (χ1n) is 8.12. The first-order valence-corrected chi connectivity index (χ1v) is 8.12. The molecule has 134 valence electrons. The van der Waals surface area contributed by atoms with Crippen LogP contribution in [0.25, 0.3) is 0 Å². The van der Waals surface area contributed by atoms with E-state index < -0.39 is 0 Å². The lowest BCUT2D eigenvalue weighted by molar-refractivity contribution is 0.0951. The fourth-order valence-electron chi connectivity index (χ4n) is 2.13. The molecule has 0 aliphatic rings. The number of amides is 1. The summed E-state index contributed by atoms with van der Waals surface area (Å²) < 4.78 is 10.5. The third kappa shape index (κ3) is 5.34. The van der Waals surface area contributed by atoms with Crippen LogP contribution in [-0.4, -0.2) is 36.6 Å². The van der Waals surface area contributed by atoms with E-state index in [0.717, 1.165) is 12.1 Å². The number of ether oxygens (including phenoxy) is 2. The van der Waals surface area contributed by atoms with E-state index in [1.165, 1.54) is 12.4 Å². The van der Waals surface area contributed by atoms with E-state index in [-0.39, 0.29) is 5.91 Å². The van der Waals surface area contributed by atoms with Gasteiger partial charge in [0, 0.05) is 30.7 Å². The summed E-state index contributed by atoms with van der Waals surface area (Å²) in [4.78, 5) is 20.4. The third-order valence-corrected chi connectivity index (χ3v) is 3.56. The molecule has 2 rings (SSSR count). The van der Waals surface area contributed by atoms with Crippen molar-refractivity contribution in [2.45, 2.75) is 20.3 Å². The summed E-state index contributed by atoms with van der Waals surface area (Å²) in [5.74, 6) is 2.02. The number of nitrogens with zero attached hydrogens (tertiary/aromatic N) is 2. The van der Waals surface area contributed by atoms with Gasteiger partial charge in [0.05, 0.1) is 19.8 Å². The highest BCUT2D eigenvalue weighted by atomic mass is 16.5. The van der Waals surface area contributed by atoms with Crippen LogP contribution in [0.4, 0.5) is 11.6 Å². The fourth-order valence-corrected chi connectivity index (χ4v) is 2.13. The molecule has 0 bridgehead atoms. The summed E-state index contributed by atoms with van der Waals surface area (Å²) in [7, 11) is 3.16. The Hall–Kier alpha value is -2.83. The van der Waals surface area contributed by atoms with Gasteiger partial charge in [-0.2, -0.15) is 0 Å². The SMILES string of the molecule is COc1ccc(Nc2ncc(C(=O)NCCC(C)C)cn2)cc1OC. The Bertz CT molecular complexity index is 702. The Morgan fingerprint density at radius 1 is 1.12 bits per heavy atom. The van der Waals surface area contributed by atoms with E-state index in [0.29, 0.717) is 35.5 Å². The molecule has 0 aliphatic carbocycles. The van der Waals surface area contributed by atoms with Crippen molar-refractivity contribution < 1.29 is 14.3 Å². The van der Waals surface area contributed by atoms with Gasteiger partial charge in [-0.05, 0) is 24.5 Å². The van der Waals surface area contributed by atoms with Crippen LogP contribution in [-0.2, 0) is 0 Å². The van der Waals surface area contributed by atoms with E-state index in [1.807, 2.05) is 6.07 Å². The number of aromatic nitrogens is 2. The molecule has 7 heteroatoms. The highest BCUT2D eigenvalue weighted by Gasteiger charge is 2.09. The molecule has 1 amide bonds. The molecule has 0 radical (unpaired) electrons. The van der Waals surface area contributed by atoms with Gasteiger partial charge < -0.3 is 20.1 Å². The maximum Gasteiger partial charge on any atom is 0.254 e. The molecule has 0 fully saturated rings. The van der Waals surface area contributed by atoms with Crippen molar-refractivity contribution in [3.05, 3.63) is 36.2 Å². The van der Waals surface area contributed by atoms with Gasteiger partial charge >= 0.3 is 0 Å². The van der Waals surface area contributed by atoms with E-state index in [9.17, 15) is 4.79 Å². The monoisotopic (exact) mass is 344 g/mol. The Balaban J connectivity index is 1.99. The number of hydrogen-bond acceptors (Lipinski definition) is 6. The summed E-state index contributed by atoms with van der Waals surface area (Å²) in [6.45, 7) is 4.87. The van der Waals surface area contributed by atoms with Gasteiger partial charge in [-0.3, -0.25) is 4.79 Å². The maximum atomic E-state index is 12.0. The Kier molecular flexibility index (Phi) is 6.56. The third-order valence-electron chi connectivity index (χ3n) is 3.56. The minimum absolute atomic E-state index is 0.168. The summed E-state index contributed by atoms with van der Waals surface area (Å²) in [5.41, 5.74) is 1.19. The molecule has 7 nitrogen and oxygen atoms in total. The summed E-state index contributed by atoms with van der Waals surface area (Å²) in [6.07, 6.45) is 3.94. The summed E-state index contributed by atoms with van der Waals surface area (Å²) in [6, 6.07) is 5.41. The zero-order valence-electron chi connectivity index (χ0n) is 15.0. The van der Waals surface area contributed by atoms with Crippen LogP contribution in [0.15, 0.2) is 30.6 Å². The summed E-state index contributed by atoms with van der Waals surface area (Å²) >= 11 is 0. The van der Waals surface area contributed by atoms with Gasteiger partial charge in [-0.25, -0.2) is 9.97 Å². The van der Waals surface area contributed by atoms with Gasteiger partial charge in [0.1, 0.15) is 0 Å².